The van der Waals surface area contributed by atoms with E-state index in [1.165, 1.54) is 18.2 Å². The van der Waals surface area contributed by atoms with Gasteiger partial charge in [-0.3, -0.25) is 10.1 Å². The van der Waals surface area contributed by atoms with E-state index >= 15 is 0 Å². The average Bonchev–Trinajstić information content (AvgIpc) is 2.51. The van der Waals surface area contributed by atoms with Crippen molar-refractivity contribution in [3.8, 4) is 5.75 Å². The maximum atomic E-state index is 11.8. The number of halogens is 1. The fraction of sp³-hybridized carbons (Fsp3) is 0.133. The lowest BCUT2D eigenvalue weighted by molar-refractivity contribution is -0.385. The van der Waals surface area contributed by atoms with E-state index in [1.54, 1.807) is 18.2 Å². The van der Waals surface area contributed by atoms with Crippen LogP contribution in [0.3, 0.4) is 0 Å². The number of nitrogens with zero attached hydrogens (tertiary/aromatic N) is 1. The lowest BCUT2D eigenvalue weighted by Crippen LogP contribution is -2.13. The summed E-state index contributed by atoms with van der Waals surface area (Å²) in [6.07, 6.45) is 0. The Morgan fingerprint density at radius 3 is 2.64 bits per heavy atom. The lowest BCUT2D eigenvalue weighted by atomic mass is 10.2. The van der Waals surface area contributed by atoms with E-state index in [2.05, 4.69) is 15.9 Å². The summed E-state index contributed by atoms with van der Waals surface area (Å²) in [6, 6.07) is 12.9. The van der Waals surface area contributed by atoms with Crippen LogP contribution in [0.25, 0.3) is 0 Å². The second kappa shape index (κ2) is 7.56. The number of para-hydroxylation sites is 1. The second-order valence-corrected chi connectivity index (χ2v) is 5.13. The molecule has 0 fully saturated rings. The minimum atomic E-state index is -0.745. The Labute approximate surface area is 134 Å². The Morgan fingerprint density at radius 2 is 1.91 bits per heavy atom. The van der Waals surface area contributed by atoms with E-state index in [0.29, 0.717) is 5.75 Å². The highest BCUT2D eigenvalue weighted by atomic mass is 79.9. The van der Waals surface area contributed by atoms with Crippen molar-refractivity contribution in [3.63, 3.8) is 0 Å². The van der Waals surface area contributed by atoms with E-state index in [9.17, 15) is 14.9 Å². The van der Waals surface area contributed by atoms with Gasteiger partial charge in [0.05, 0.1) is 4.92 Å². The first-order valence-corrected chi connectivity index (χ1v) is 7.16. The Kier molecular flexibility index (Phi) is 5.48. The molecule has 0 saturated heterocycles. The summed E-state index contributed by atoms with van der Waals surface area (Å²) in [5.74, 6) is -0.110. The molecule has 0 aliphatic rings. The molecule has 0 bridgehead atoms. The van der Waals surface area contributed by atoms with Gasteiger partial charge in [0, 0.05) is 10.5 Å². The molecule has 0 atom stereocenters. The number of nitro groups is 1. The van der Waals surface area contributed by atoms with E-state index in [-0.39, 0.29) is 24.5 Å². The summed E-state index contributed by atoms with van der Waals surface area (Å²) >= 11 is 3.32. The van der Waals surface area contributed by atoms with Gasteiger partial charge in [0.25, 0.3) is 5.69 Å². The van der Waals surface area contributed by atoms with Crippen molar-refractivity contribution in [3.05, 3.63) is 68.7 Å². The fourth-order valence-electron chi connectivity index (χ4n) is 1.73. The van der Waals surface area contributed by atoms with Gasteiger partial charge in [0.2, 0.25) is 0 Å². The van der Waals surface area contributed by atoms with Crippen molar-refractivity contribution in [2.24, 2.45) is 0 Å². The molecule has 0 unspecified atom stereocenters. The van der Waals surface area contributed by atoms with Crippen molar-refractivity contribution in [1.82, 2.24) is 0 Å². The summed E-state index contributed by atoms with van der Waals surface area (Å²) in [5, 5.41) is 10.8. The van der Waals surface area contributed by atoms with Crippen LogP contribution in [0.5, 0.6) is 5.75 Å². The first-order valence-electron chi connectivity index (χ1n) is 6.37. The lowest BCUT2D eigenvalue weighted by Gasteiger charge is -2.08. The highest BCUT2D eigenvalue weighted by Gasteiger charge is 2.20. The van der Waals surface area contributed by atoms with Crippen LogP contribution in [-0.2, 0) is 4.74 Å². The predicted molar refractivity (Wildman–Crippen MR) is 83.0 cm³/mol. The maximum Gasteiger partial charge on any atom is 0.345 e. The molecule has 2 aromatic rings. The first-order chi connectivity index (χ1) is 10.6. The molecule has 114 valence electrons. The third kappa shape index (κ3) is 4.29. The molecule has 0 spiro atoms. The number of benzene rings is 2. The van der Waals surface area contributed by atoms with Crippen LogP contribution in [0.15, 0.2) is 53.0 Å². The van der Waals surface area contributed by atoms with Crippen LogP contribution < -0.4 is 4.74 Å². The van der Waals surface area contributed by atoms with Gasteiger partial charge in [-0.05, 0) is 24.3 Å². The quantitative estimate of drug-likeness (QED) is 0.338. The molecule has 2 rings (SSSR count). The van der Waals surface area contributed by atoms with E-state index in [4.69, 9.17) is 9.47 Å². The maximum absolute atomic E-state index is 11.8. The first kappa shape index (κ1) is 16.0. The fourth-order valence-corrected chi connectivity index (χ4v) is 2.11. The number of hydrogen-bond donors (Lipinski definition) is 0. The van der Waals surface area contributed by atoms with Gasteiger partial charge in [-0.2, -0.15) is 0 Å². The zero-order chi connectivity index (χ0) is 15.9. The van der Waals surface area contributed by atoms with E-state index in [1.807, 2.05) is 12.1 Å². The summed E-state index contributed by atoms with van der Waals surface area (Å²) in [4.78, 5) is 22.1. The molecular weight excluding hydrogens is 354 g/mol. The molecule has 0 N–H and O–H groups in total. The molecule has 22 heavy (non-hydrogen) atoms. The highest BCUT2D eigenvalue weighted by molar-refractivity contribution is 9.10. The van der Waals surface area contributed by atoms with Crippen LogP contribution >= 0.6 is 15.9 Å². The molecule has 0 radical (unpaired) electrons. The van der Waals surface area contributed by atoms with Crippen LogP contribution in [-0.4, -0.2) is 24.1 Å². The predicted octanol–water partition coefficient (Wildman–Crippen LogP) is 3.59. The Bertz CT molecular complexity index is 689. The van der Waals surface area contributed by atoms with Gasteiger partial charge in [-0.15, -0.1) is 0 Å². The van der Waals surface area contributed by atoms with E-state index < -0.39 is 10.9 Å². The average molecular weight is 366 g/mol. The summed E-state index contributed by atoms with van der Waals surface area (Å²) in [5.41, 5.74) is -0.352. The molecule has 0 heterocycles. The van der Waals surface area contributed by atoms with Crippen LogP contribution in [0.2, 0.25) is 0 Å². The van der Waals surface area contributed by atoms with Crippen molar-refractivity contribution >= 4 is 27.6 Å². The molecule has 0 aliphatic carbocycles. The molecule has 0 aromatic heterocycles. The van der Waals surface area contributed by atoms with Crippen molar-refractivity contribution in [1.29, 1.82) is 0 Å². The molecule has 0 amide bonds. The molecule has 2 aromatic carbocycles. The third-order valence-corrected chi connectivity index (χ3v) is 3.20. The molecule has 6 nitrogen and oxygen atoms in total. The summed E-state index contributed by atoms with van der Waals surface area (Å²) in [6.45, 7) is 0.153. The summed E-state index contributed by atoms with van der Waals surface area (Å²) < 4.78 is 11.3. The zero-order valence-electron chi connectivity index (χ0n) is 11.4. The SMILES string of the molecule is O=C(OCCOc1cccc(Br)c1)c1ccccc1[N+](=O)[O-]. The molecule has 0 aliphatic heterocycles. The minimum Gasteiger partial charge on any atom is -0.490 e. The summed E-state index contributed by atoms with van der Waals surface area (Å²) in [7, 11) is 0. The van der Waals surface area contributed by atoms with Crippen LogP contribution in [0, 0.1) is 10.1 Å². The smallest absolute Gasteiger partial charge is 0.345 e. The van der Waals surface area contributed by atoms with Crippen LogP contribution in [0.4, 0.5) is 5.69 Å². The zero-order valence-corrected chi connectivity index (χ0v) is 13.0. The number of ether oxygens (including phenoxy) is 2. The third-order valence-electron chi connectivity index (χ3n) is 2.70. The monoisotopic (exact) mass is 365 g/mol. The Morgan fingerprint density at radius 1 is 1.14 bits per heavy atom. The topological polar surface area (TPSA) is 78.7 Å². The number of rotatable bonds is 6. The Hall–Kier alpha value is -2.41. The molecular formula is C15H12BrNO5. The number of hydrogen-bond acceptors (Lipinski definition) is 5. The minimum absolute atomic E-state index is 0.00258. The van der Waals surface area contributed by atoms with Crippen molar-refractivity contribution in [2.45, 2.75) is 0 Å². The van der Waals surface area contributed by atoms with Gasteiger partial charge in [-0.25, -0.2) is 4.79 Å². The molecule has 7 heteroatoms. The van der Waals surface area contributed by atoms with E-state index in [0.717, 1.165) is 4.47 Å². The second-order valence-electron chi connectivity index (χ2n) is 4.22. The van der Waals surface area contributed by atoms with Gasteiger partial charge in [0.1, 0.15) is 24.5 Å². The normalized spacial score (nSPS) is 10.0. The number of nitro benzene ring substituents is 1. The van der Waals surface area contributed by atoms with Gasteiger partial charge >= 0.3 is 5.97 Å². The van der Waals surface area contributed by atoms with Crippen molar-refractivity contribution < 1.29 is 19.2 Å². The van der Waals surface area contributed by atoms with Gasteiger partial charge in [0.15, 0.2) is 0 Å². The largest absolute Gasteiger partial charge is 0.490 e. The van der Waals surface area contributed by atoms with Gasteiger partial charge < -0.3 is 9.47 Å². The van der Waals surface area contributed by atoms with Crippen LogP contribution in [0.1, 0.15) is 10.4 Å². The number of carbonyl (C=O) groups excluding carboxylic acids is 1. The molecule has 0 saturated carbocycles. The number of carbonyl (C=O) groups is 1. The standard InChI is InChI=1S/C15H12BrNO5/c16-11-4-3-5-12(10-11)21-8-9-22-15(18)13-6-1-2-7-14(13)17(19)20/h1-7,10H,8-9H2. The van der Waals surface area contributed by atoms with Crippen molar-refractivity contribution in [2.75, 3.05) is 13.2 Å². The highest BCUT2D eigenvalue weighted by Crippen LogP contribution is 2.19. The van der Waals surface area contributed by atoms with Gasteiger partial charge in [-0.1, -0.05) is 34.1 Å². The Balaban J connectivity index is 1.87. The number of esters is 1.